The normalized spacial score (nSPS) is 11.4. The summed E-state index contributed by atoms with van der Waals surface area (Å²) in [4.78, 5) is 11.8. The van der Waals surface area contributed by atoms with Crippen LogP contribution in [0, 0.1) is 0 Å². The second-order valence-electron chi connectivity index (χ2n) is 5.02. The van der Waals surface area contributed by atoms with Crippen LogP contribution in [0.3, 0.4) is 0 Å². The molecule has 2 aromatic carbocycles. The number of methoxy groups -OCH3 is 1. The molecule has 0 amide bonds. The number of hydrogen-bond donors (Lipinski definition) is 0. The molecule has 0 atom stereocenters. The fourth-order valence-electron chi connectivity index (χ4n) is 2.21. The highest BCUT2D eigenvalue weighted by Crippen LogP contribution is 2.31. The van der Waals surface area contributed by atoms with E-state index in [1.54, 1.807) is 24.3 Å². The first-order valence-corrected chi connectivity index (χ1v) is 7.09. The van der Waals surface area contributed by atoms with Gasteiger partial charge in [0.2, 0.25) is 11.8 Å². The van der Waals surface area contributed by atoms with E-state index in [2.05, 4.69) is 10.2 Å². The number of esters is 1. The maximum absolute atomic E-state index is 12.6. The van der Waals surface area contributed by atoms with E-state index in [-0.39, 0.29) is 17.3 Å². The number of aromatic nitrogens is 2. The van der Waals surface area contributed by atoms with Crippen LogP contribution in [0.2, 0.25) is 0 Å². The van der Waals surface area contributed by atoms with E-state index < -0.39 is 17.7 Å². The number of ether oxygens (including phenoxy) is 1. The molecule has 0 fully saturated rings. The van der Waals surface area contributed by atoms with Gasteiger partial charge in [0.05, 0.1) is 23.8 Å². The predicted octanol–water partition coefficient (Wildman–Crippen LogP) is 4.21. The Morgan fingerprint density at radius 3 is 2.28 bits per heavy atom. The third-order valence-corrected chi connectivity index (χ3v) is 3.45. The molecule has 25 heavy (non-hydrogen) atoms. The van der Waals surface area contributed by atoms with Gasteiger partial charge in [-0.15, -0.1) is 10.2 Å². The van der Waals surface area contributed by atoms with Crippen LogP contribution >= 0.6 is 0 Å². The van der Waals surface area contributed by atoms with Gasteiger partial charge in [-0.05, 0) is 36.4 Å². The number of carbonyl (C=O) groups excluding carboxylic acids is 1. The summed E-state index contributed by atoms with van der Waals surface area (Å²) in [6.07, 6.45) is -4.42. The van der Waals surface area contributed by atoms with Crippen molar-refractivity contribution >= 4 is 5.97 Å². The number of halogens is 3. The Morgan fingerprint density at radius 2 is 1.64 bits per heavy atom. The quantitative estimate of drug-likeness (QED) is 0.664. The van der Waals surface area contributed by atoms with Gasteiger partial charge in [0, 0.05) is 5.56 Å². The van der Waals surface area contributed by atoms with Crippen molar-refractivity contribution in [3.63, 3.8) is 0 Å². The van der Waals surface area contributed by atoms with Crippen LogP contribution < -0.4 is 0 Å². The topological polar surface area (TPSA) is 65.2 Å². The molecule has 0 bridgehead atoms. The minimum Gasteiger partial charge on any atom is -0.465 e. The maximum atomic E-state index is 12.6. The van der Waals surface area contributed by atoms with Crippen LogP contribution in [0.15, 0.2) is 52.9 Å². The van der Waals surface area contributed by atoms with Crippen molar-refractivity contribution in [2.45, 2.75) is 6.18 Å². The van der Waals surface area contributed by atoms with Crippen LogP contribution in [0.4, 0.5) is 13.2 Å². The van der Waals surface area contributed by atoms with Gasteiger partial charge >= 0.3 is 12.1 Å². The Kier molecular flexibility index (Phi) is 4.26. The van der Waals surface area contributed by atoms with Gasteiger partial charge in [-0.2, -0.15) is 13.2 Å². The van der Waals surface area contributed by atoms with Gasteiger partial charge in [0.25, 0.3) is 0 Å². The number of benzene rings is 2. The molecule has 3 rings (SSSR count). The average molecular weight is 348 g/mol. The SMILES string of the molecule is COC(=O)c1ccccc1-c1nnc(-c2ccc(C(F)(F)F)cc2)o1. The van der Waals surface area contributed by atoms with Crippen molar-refractivity contribution in [2.24, 2.45) is 0 Å². The Balaban J connectivity index is 1.95. The van der Waals surface area contributed by atoms with Gasteiger partial charge in [0.1, 0.15) is 0 Å². The van der Waals surface area contributed by atoms with Crippen molar-refractivity contribution in [3.05, 3.63) is 59.7 Å². The summed E-state index contributed by atoms with van der Waals surface area (Å²) in [6, 6.07) is 10.8. The Morgan fingerprint density at radius 1 is 1.00 bits per heavy atom. The van der Waals surface area contributed by atoms with Gasteiger partial charge in [-0.3, -0.25) is 0 Å². The number of hydrogen-bond acceptors (Lipinski definition) is 5. The number of carbonyl (C=O) groups is 1. The molecular formula is C17H11F3N2O3. The third-order valence-electron chi connectivity index (χ3n) is 3.45. The minimum absolute atomic E-state index is 0.0448. The molecule has 8 heteroatoms. The Bertz CT molecular complexity index is 902. The van der Waals surface area contributed by atoms with E-state index in [4.69, 9.17) is 9.15 Å². The van der Waals surface area contributed by atoms with E-state index in [1.807, 2.05) is 0 Å². The zero-order valence-corrected chi connectivity index (χ0v) is 12.9. The summed E-state index contributed by atoms with van der Waals surface area (Å²) in [5, 5.41) is 7.70. The van der Waals surface area contributed by atoms with Crippen LogP contribution in [0.5, 0.6) is 0 Å². The first-order chi connectivity index (χ1) is 11.9. The molecule has 128 valence electrons. The largest absolute Gasteiger partial charge is 0.465 e. The highest BCUT2D eigenvalue weighted by atomic mass is 19.4. The fraction of sp³-hybridized carbons (Fsp3) is 0.118. The van der Waals surface area contributed by atoms with Gasteiger partial charge in [-0.25, -0.2) is 4.79 Å². The predicted molar refractivity (Wildman–Crippen MR) is 81.5 cm³/mol. The van der Waals surface area contributed by atoms with E-state index in [9.17, 15) is 18.0 Å². The summed E-state index contributed by atoms with van der Waals surface area (Å²) >= 11 is 0. The molecule has 0 aliphatic heterocycles. The van der Waals surface area contributed by atoms with Crippen LogP contribution in [-0.2, 0) is 10.9 Å². The lowest BCUT2D eigenvalue weighted by molar-refractivity contribution is -0.137. The van der Waals surface area contributed by atoms with E-state index in [1.165, 1.54) is 19.2 Å². The highest BCUT2D eigenvalue weighted by Gasteiger charge is 2.30. The van der Waals surface area contributed by atoms with E-state index in [0.29, 0.717) is 11.1 Å². The number of rotatable bonds is 3. The fourth-order valence-corrected chi connectivity index (χ4v) is 2.21. The lowest BCUT2D eigenvalue weighted by Gasteiger charge is -2.06. The van der Waals surface area contributed by atoms with E-state index >= 15 is 0 Å². The molecule has 1 aromatic heterocycles. The number of alkyl halides is 3. The third kappa shape index (κ3) is 3.37. The number of nitrogens with zero attached hydrogens (tertiary/aromatic N) is 2. The van der Waals surface area contributed by atoms with Gasteiger partial charge in [-0.1, -0.05) is 12.1 Å². The monoisotopic (exact) mass is 348 g/mol. The molecule has 0 saturated carbocycles. The maximum Gasteiger partial charge on any atom is 0.416 e. The van der Waals surface area contributed by atoms with Crippen molar-refractivity contribution < 1.29 is 27.1 Å². The second-order valence-corrected chi connectivity index (χ2v) is 5.02. The summed E-state index contributed by atoms with van der Waals surface area (Å²) in [7, 11) is 1.25. The standard InChI is InChI=1S/C17H11F3N2O3/c1-24-16(23)13-5-3-2-4-12(13)15-22-21-14(25-15)10-6-8-11(9-7-10)17(18,19)20/h2-9H,1H3. The zero-order chi connectivity index (χ0) is 18.0. The minimum atomic E-state index is -4.42. The zero-order valence-electron chi connectivity index (χ0n) is 12.9. The van der Waals surface area contributed by atoms with Gasteiger partial charge < -0.3 is 9.15 Å². The Hall–Kier alpha value is -3.16. The second kappa shape index (κ2) is 6.39. The smallest absolute Gasteiger partial charge is 0.416 e. The first-order valence-electron chi connectivity index (χ1n) is 7.09. The van der Waals surface area contributed by atoms with Crippen molar-refractivity contribution in [3.8, 4) is 22.9 Å². The van der Waals surface area contributed by atoms with Crippen molar-refractivity contribution in [1.82, 2.24) is 10.2 Å². The van der Waals surface area contributed by atoms with Crippen LogP contribution in [0.1, 0.15) is 15.9 Å². The average Bonchev–Trinajstić information content (AvgIpc) is 3.10. The van der Waals surface area contributed by atoms with Crippen LogP contribution in [0.25, 0.3) is 22.9 Å². The van der Waals surface area contributed by atoms with Gasteiger partial charge in [0.15, 0.2) is 0 Å². The molecule has 0 spiro atoms. The lowest BCUT2D eigenvalue weighted by Crippen LogP contribution is -2.03. The van der Waals surface area contributed by atoms with Crippen molar-refractivity contribution in [1.29, 1.82) is 0 Å². The molecule has 3 aromatic rings. The molecule has 1 heterocycles. The van der Waals surface area contributed by atoms with Crippen molar-refractivity contribution in [2.75, 3.05) is 7.11 Å². The molecule has 0 aliphatic carbocycles. The molecular weight excluding hydrogens is 337 g/mol. The highest BCUT2D eigenvalue weighted by molar-refractivity contribution is 5.96. The molecule has 0 radical (unpaired) electrons. The van der Waals surface area contributed by atoms with Crippen LogP contribution in [-0.4, -0.2) is 23.3 Å². The molecule has 0 saturated heterocycles. The first kappa shape index (κ1) is 16.7. The lowest BCUT2D eigenvalue weighted by atomic mass is 10.1. The molecule has 0 N–H and O–H groups in total. The summed E-state index contributed by atoms with van der Waals surface area (Å²) in [5.74, 6) is -0.454. The Labute approximate surface area is 140 Å². The van der Waals surface area contributed by atoms with E-state index in [0.717, 1.165) is 12.1 Å². The molecule has 0 aliphatic rings. The molecule has 5 nitrogen and oxygen atoms in total. The molecule has 0 unspecified atom stereocenters. The summed E-state index contributed by atoms with van der Waals surface area (Å²) in [6.45, 7) is 0. The summed E-state index contributed by atoms with van der Waals surface area (Å²) < 4.78 is 48.0. The summed E-state index contributed by atoms with van der Waals surface area (Å²) in [5.41, 5.74) is 0.182.